The average Bonchev–Trinajstić information content (AvgIpc) is 2.25. The predicted octanol–water partition coefficient (Wildman–Crippen LogP) is 3.41. The normalized spacial score (nSPS) is 12.5. The molecule has 0 aliphatic heterocycles. The van der Waals surface area contributed by atoms with Crippen molar-refractivity contribution in [1.29, 1.82) is 0 Å². The Kier molecular flexibility index (Phi) is 7.33. The molecule has 0 bridgehead atoms. The third kappa shape index (κ3) is 7.74. The lowest BCUT2D eigenvalue weighted by atomic mass is 10.1. The van der Waals surface area contributed by atoms with Crippen molar-refractivity contribution in [1.82, 2.24) is 0 Å². The molecule has 0 aromatic rings. The minimum Gasteiger partial charge on any atom is -0.458 e. The number of carbonyl (C=O) groups excluding carboxylic acids is 1. The molecule has 0 aliphatic rings. The van der Waals surface area contributed by atoms with Gasteiger partial charge in [0.1, 0.15) is 6.61 Å². The smallest absolute Gasteiger partial charge is 0.330 e. The topological polar surface area (TPSA) is 26.3 Å². The van der Waals surface area contributed by atoms with Gasteiger partial charge >= 0.3 is 5.97 Å². The molecular weight excluding hydrogens is 188 g/mol. The van der Waals surface area contributed by atoms with Gasteiger partial charge in [0, 0.05) is 6.08 Å². The Bertz CT molecular complexity index is 272. The van der Waals surface area contributed by atoms with Crippen LogP contribution in [0.3, 0.4) is 0 Å². The van der Waals surface area contributed by atoms with Gasteiger partial charge in [0.05, 0.1) is 0 Å². The molecule has 0 heterocycles. The van der Waals surface area contributed by atoms with Crippen LogP contribution < -0.4 is 0 Å². The number of carbonyl (C=O) groups is 1. The van der Waals surface area contributed by atoms with E-state index in [4.69, 9.17) is 4.74 Å². The highest BCUT2D eigenvalue weighted by molar-refractivity contribution is 5.81. The summed E-state index contributed by atoms with van der Waals surface area (Å²) in [6.07, 6.45) is 7.44. The van der Waals surface area contributed by atoms with E-state index in [1.807, 2.05) is 13.8 Å². The molecule has 0 atom stereocenters. The summed E-state index contributed by atoms with van der Waals surface area (Å²) < 4.78 is 4.90. The zero-order valence-corrected chi connectivity index (χ0v) is 9.88. The van der Waals surface area contributed by atoms with E-state index in [9.17, 15) is 4.79 Å². The lowest BCUT2D eigenvalue weighted by Gasteiger charge is -2.02. The molecule has 0 aromatic carbocycles. The second-order valence-electron chi connectivity index (χ2n) is 3.54. The highest BCUT2D eigenvalue weighted by Gasteiger charge is 1.96. The summed E-state index contributed by atoms with van der Waals surface area (Å²) >= 11 is 0. The van der Waals surface area contributed by atoms with Crippen molar-refractivity contribution in [2.45, 2.75) is 33.6 Å². The lowest BCUT2D eigenvalue weighted by Crippen LogP contribution is -2.02. The molecular formula is C13H20O2. The summed E-state index contributed by atoms with van der Waals surface area (Å²) in [5.41, 5.74) is 2.45. The maximum atomic E-state index is 10.8. The van der Waals surface area contributed by atoms with E-state index < -0.39 is 0 Å². The molecule has 0 N–H and O–H groups in total. The van der Waals surface area contributed by atoms with E-state index in [2.05, 4.69) is 25.7 Å². The summed E-state index contributed by atoms with van der Waals surface area (Å²) in [6.45, 7) is 9.81. The van der Waals surface area contributed by atoms with Crippen LogP contribution in [0.25, 0.3) is 0 Å². The minimum atomic E-state index is -0.368. The fourth-order valence-corrected chi connectivity index (χ4v) is 0.993. The first-order valence-corrected chi connectivity index (χ1v) is 5.16. The van der Waals surface area contributed by atoms with Crippen LogP contribution in [0.4, 0.5) is 0 Å². The molecule has 0 saturated heterocycles. The first kappa shape index (κ1) is 13.7. The Morgan fingerprint density at radius 3 is 2.53 bits per heavy atom. The predicted molar refractivity (Wildman–Crippen MR) is 63.6 cm³/mol. The van der Waals surface area contributed by atoms with Gasteiger partial charge < -0.3 is 4.74 Å². The molecule has 0 spiro atoms. The van der Waals surface area contributed by atoms with Crippen molar-refractivity contribution < 1.29 is 9.53 Å². The highest BCUT2D eigenvalue weighted by atomic mass is 16.5. The van der Waals surface area contributed by atoms with E-state index in [1.54, 1.807) is 0 Å². The number of hydrogen-bond donors (Lipinski definition) is 0. The Labute approximate surface area is 92.3 Å². The summed E-state index contributed by atoms with van der Waals surface area (Å²) in [4.78, 5) is 10.8. The Morgan fingerprint density at radius 2 is 2.00 bits per heavy atom. The molecule has 0 aromatic heterocycles. The van der Waals surface area contributed by atoms with E-state index in [0.29, 0.717) is 6.61 Å². The number of rotatable bonds is 6. The van der Waals surface area contributed by atoms with Gasteiger partial charge in [-0.15, -0.1) is 0 Å². The van der Waals surface area contributed by atoms with Gasteiger partial charge in [-0.2, -0.15) is 0 Å². The van der Waals surface area contributed by atoms with Crippen molar-refractivity contribution in [3.05, 3.63) is 36.0 Å². The first-order valence-electron chi connectivity index (χ1n) is 5.16. The molecule has 0 radical (unpaired) electrons. The van der Waals surface area contributed by atoms with Crippen molar-refractivity contribution in [2.75, 3.05) is 6.61 Å². The van der Waals surface area contributed by atoms with Gasteiger partial charge in [-0.1, -0.05) is 24.3 Å². The van der Waals surface area contributed by atoms with E-state index in [-0.39, 0.29) is 5.97 Å². The van der Waals surface area contributed by atoms with Crippen LogP contribution in [0, 0.1) is 0 Å². The molecule has 0 amide bonds. The molecule has 15 heavy (non-hydrogen) atoms. The van der Waals surface area contributed by atoms with Gasteiger partial charge in [0.25, 0.3) is 0 Å². The third-order valence-corrected chi connectivity index (χ3v) is 2.13. The first-order chi connectivity index (χ1) is 7.10. The molecule has 0 aliphatic carbocycles. The van der Waals surface area contributed by atoms with Crippen molar-refractivity contribution in [2.24, 2.45) is 0 Å². The van der Waals surface area contributed by atoms with Gasteiger partial charge in [0.2, 0.25) is 0 Å². The molecule has 2 heteroatoms. The zero-order chi connectivity index (χ0) is 11.7. The standard InChI is InChI=1S/C13H20O2/c1-5-11(3)8-7-9-12(4)10-15-13(14)6-2/h5-6,9H,2,7-8,10H2,1,3-4H3/b11-5+,12-9+. The number of hydrogen-bond acceptors (Lipinski definition) is 2. The van der Waals surface area contributed by atoms with Crippen LogP contribution in [-0.4, -0.2) is 12.6 Å². The largest absolute Gasteiger partial charge is 0.458 e. The monoisotopic (exact) mass is 208 g/mol. The molecule has 2 nitrogen and oxygen atoms in total. The second kappa shape index (κ2) is 8.04. The number of esters is 1. The summed E-state index contributed by atoms with van der Waals surface area (Å²) in [5.74, 6) is -0.368. The molecule has 0 fully saturated rings. The summed E-state index contributed by atoms with van der Waals surface area (Å²) in [7, 11) is 0. The number of ether oxygens (including phenoxy) is 1. The number of allylic oxidation sites excluding steroid dienone is 3. The van der Waals surface area contributed by atoms with E-state index in [1.165, 1.54) is 11.6 Å². The van der Waals surface area contributed by atoms with E-state index in [0.717, 1.165) is 18.4 Å². The quantitative estimate of drug-likeness (QED) is 0.380. The van der Waals surface area contributed by atoms with Crippen molar-refractivity contribution in [3.8, 4) is 0 Å². The zero-order valence-electron chi connectivity index (χ0n) is 9.88. The Balaban J connectivity index is 3.79. The lowest BCUT2D eigenvalue weighted by molar-refractivity contribution is -0.136. The average molecular weight is 208 g/mol. The minimum absolute atomic E-state index is 0.361. The van der Waals surface area contributed by atoms with Gasteiger partial charge in [0.15, 0.2) is 0 Å². The maximum Gasteiger partial charge on any atom is 0.330 e. The van der Waals surface area contributed by atoms with Crippen LogP contribution in [0.5, 0.6) is 0 Å². The molecule has 0 rings (SSSR count). The van der Waals surface area contributed by atoms with Crippen LogP contribution in [0.15, 0.2) is 36.0 Å². The van der Waals surface area contributed by atoms with Gasteiger partial charge in [-0.05, 0) is 39.2 Å². The Hall–Kier alpha value is -1.31. The highest BCUT2D eigenvalue weighted by Crippen LogP contribution is 2.06. The second-order valence-corrected chi connectivity index (χ2v) is 3.54. The van der Waals surface area contributed by atoms with Crippen LogP contribution in [0.1, 0.15) is 33.6 Å². The van der Waals surface area contributed by atoms with Gasteiger partial charge in [-0.25, -0.2) is 4.79 Å². The molecule has 0 unspecified atom stereocenters. The SMILES string of the molecule is C=CC(=O)OC/C(C)=C/CC/C(C)=C/C. The summed E-state index contributed by atoms with van der Waals surface area (Å²) in [6, 6.07) is 0. The maximum absolute atomic E-state index is 10.8. The van der Waals surface area contributed by atoms with Gasteiger partial charge in [-0.3, -0.25) is 0 Å². The Morgan fingerprint density at radius 1 is 1.33 bits per heavy atom. The van der Waals surface area contributed by atoms with Crippen LogP contribution in [0.2, 0.25) is 0 Å². The van der Waals surface area contributed by atoms with Crippen LogP contribution >= 0.6 is 0 Å². The third-order valence-electron chi connectivity index (χ3n) is 2.13. The van der Waals surface area contributed by atoms with Crippen LogP contribution in [-0.2, 0) is 9.53 Å². The van der Waals surface area contributed by atoms with Crippen molar-refractivity contribution in [3.63, 3.8) is 0 Å². The fourth-order valence-electron chi connectivity index (χ4n) is 0.993. The summed E-state index contributed by atoms with van der Waals surface area (Å²) in [5, 5.41) is 0. The molecule has 84 valence electrons. The van der Waals surface area contributed by atoms with E-state index >= 15 is 0 Å². The molecule has 0 saturated carbocycles. The fraction of sp³-hybridized carbons (Fsp3) is 0.462. The van der Waals surface area contributed by atoms with Crippen molar-refractivity contribution >= 4 is 5.97 Å².